The minimum atomic E-state index is -0.373. The number of rotatable bonds is 0. The normalized spacial score (nSPS) is 9.12. The maximum absolute atomic E-state index is 9.33. The molecule has 8 heavy (non-hydrogen) atoms. The molecule has 0 fully saturated rings. The van der Waals surface area contributed by atoms with Gasteiger partial charge in [-0.15, -0.1) is 9.98 Å². The second-order valence-electron chi connectivity index (χ2n) is 0.773. The van der Waals surface area contributed by atoms with Crippen LogP contribution in [0, 0.1) is 11.5 Å². The van der Waals surface area contributed by atoms with Crippen molar-refractivity contribution in [2.45, 2.75) is 0 Å². The van der Waals surface area contributed by atoms with Crippen molar-refractivity contribution in [3.8, 4) is 6.19 Å². The number of hydrogen-bond acceptors (Lipinski definition) is 3. The standard InChI is InChI=1S/C3H2N4O/c4-1-6-3(5)7-2-8/h(H2,5,6). The molecule has 40 valence electrons. The van der Waals surface area contributed by atoms with E-state index in [0.717, 1.165) is 6.08 Å². The highest BCUT2D eigenvalue weighted by molar-refractivity contribution is 5.83. The van der Waals surface area contributed by atoms with Crippen LogP contribution in [0.15, 0.2) is 9.98 Å². The molecule has 0 spiro atoms. The first kappa shape index (κ1) is 6.34. The van der Waals surface area contributed by atoms with Crippen LogP contribution in [-0.4, -0.2) is 12.0 Å². The summed E-state index contributed by atoms with van der Waals surface area (Å²) >= 11 is 0. The molecule has 5 heteroatoms. The fraction of sp³-hybridized carbons (Fsp3) is 0. The second kappa shape index (κ2) is 3.53. The number of hydrogen-bond donors (Lipinski definition) is 1. The molecule has 0 unspecified atom stereocenters. The van der Waals surface area contributed by atoms with Gasteiger partial charge in [0.05, 0.1) is 0 Å². The SMILES string of the molecule is N#CN=C(N)N=C=O. The molecular formula is C3H2N4O. The molecule has 0 radical (unpaired) electrons. The Kier molecular flexibility index (Phi) is 2.80. The van der Waals surface area contributed by atoms with Gasteiger partial charge in [-0.1, -0.05) is 0 Å². The van der Waals surface area contributed by atoms with Crippen LogP contribution in [0.5, 0.6) is 0 Å². The molecule has 0 bridgehead atoms. The molecule has 0 rings (SSSR count). The Labute approximate surface area is 45.2 Å². The maximum Gasteiger partial charge on any atom is 0.243 e. The van der Waals surface area contributed by atoms with Gasteiger partial charge in [-0.3, -0.25) is 0 Å². The van der Waals surface area contributed by atoms with Gasteiger partial charge in [-0.25, -0.2) is 4.79 Å². The van der Waals surface area contributed by atoms with E-state index in [2.05, 4.69) is 9.98 Å². The van der Waals surface area contributed by atoms with Gasteiger partial charge in [-0.05, 0) is 0 Å². The molecule has 2 N–H and O–H groups in total. The Morgan fingerprint density at radius 2 is 2.38 bits per heavy atom. The van der Waals surface area contributed by atoms with Crippen molar-refractivity contribution in [3.63, 3.8) is 0 Å². The van der Waals surface area contributed by atoms with E-state index in [1.54, 1.807) is 0 Å². The molecule has 0 amide bonds. The fourth-order valence-electron chi connectivity index (χ4n) is 0.123. The lowest BCUT2D eigenvalue weighted by Gasteiger charge is -1.74. The topological polar surface area (TPSA) is 91.6 Å². The number of aliphatic imine (C=N–C) groups is 2. The highest BCUT2D eigenvalue weighted by Crippen LogP contribution is 1.64. The number of isocyanates is 1. The van der Waals surface area contributed by atoms with E-state index < -0.39 is 0 Å². The van der Waals surface area contributed by atoms with Crippen molar-refractivity contribution in [1.82, 2.24) is 0 Å². The van der Waals surface area contributed by atoms with Crippen LogP contribution in [0.1, 0.15) is 0 Å². The summed E-state index contributed by atoms with van der Waals surface area (Å²) in [6.45, 7) is 0. The third-order valence-corrected chi connectivity index (χ3v) is 0.325. The average Bonchev–Trinajstić information content (AvgIpc) is 1.68. The van der Waals surface area contributed by atoms with E-state index >= 15 is 0 Å². The smallest absolute Gasteiger partial charge is 0.243 e. The molecule has 0 aliphatic heterocycles. The summed E-state index contributed by atoms with van der Waals surface area (Å²) in [5.74, 6) is -0.373. The van der Waals surface area contributed by atoms with Crippen molar-refractivity contribution in [2.24, 2.45) is 15.7 Å². The summed E-state index contributed by atoms with van der Waals surface area (Å²) in [5.41, 5.74) is 4.79. The minimum Gasteiger partial charge on any atom is -0.367 e. The predicted octanol–water partition coefficient (Wildman–Crippen LogP) is -0.882. The molecule has 0 atom stereocenters. The Balaban J connectivity index is 4.06. The van der Waals surface area contributed by atoms with Crippen LogP contribution >= 0.6 is 0 Å². The van der Waals surface area contributed by atoms with Gasteiger partial charge >= 0.3 is 0 Å². The van der Waals surface area contributed by atoms with E-state index in [1.165, 1.54) is 6.19 Å². The molecular weight excluding hydrogens is 108 g/mol. The van der Waals surface area contributed by atoms with Gasteiger partial charge in [0.2, 0.25) is 18.2 Å². The van der Waals surface area contributed by atoms with E-state index in [1.807, 2.05) is 0 Å². The molecule has 0 saturated heterocycles. The molecule has 0 heterocycles. The zero-order chi connectivity index (χ0) is 6.41. The first-order valence-electron chi connectivity index (χ1n) is 1.61. The van der Waals surface area contributed by atoms with Crippen LogP contribution in [0.4, 0.5) is 0 Å². The molecule has 0 aromatic carbocycles. The highest BCUT2D eigenvalue weighted by atomic mass is 16.1. The number of nitrogens with zero attached hydrogens (tertiary/aromatic N) is 3. The quantitative estimate of drug-likeness (QED) is 0.190. The van der Waals surface area contributed by atoms with E-state index in [4.69, 9.17) is 11.0 Å². The van der Waals surface area contributed by atoms with Crippen molar-refractivity contribution in [2.75, 3.05) is 0 Å². The summed E-state index contributed by atoms with van der Waals surface area (Å²) in [5, 5.41) is 7.76. The van der Waals surface area contributed by atoms with Crippen LogP contribution in [0.3, 0.4) is 0 Å². The zero-order valence-electron chi connectivity index (χ0n) is 3.83. The monoisotopic (exact) mass is 110 g/mol. The number of guanidine groups is 1. The lowest BCUT2D eigenvalue weighted by molar-refractivity contribution is 0.565. The molecule has 0 aliphatic carbocycles. The predicted molar refractivity (Wildman–Crippen MR) is 25.4 cm³/mol. The van der Waals surface area contributed by atoms with Crippen LogP contribution in [0.2, 0.25) is 0 Å². The summed E-state index contributed by atoms with van der Waals surface area (Å²) in [6, 6.07) is 0. The maximum atomic E-state index is 9.33. The van der Waals surface area contributed by atoms with Gasteiger partial charge < -0.3 is 5.73 Å². The Morgan fingerprint density at radius 1 is 1.75 bits per heavy atom. The van der Waals surface area contributed by atoms with Gasteiger partial charge in [0.1, 0.15) is 0 Å². The third kappa shape index (κ3) is 2.57. The van der Waals surface area contributed by atoms with Crippen molar-refractivity contribution in [1.29, 1.82) is 5.26 Å². The number of carbonyl (C=O) groups excluding carboxylic acids is 1. The fourth-order valence-corrected chi connectivity index (χ4v) is 0.123. The van der Waals surface area contributed by atoms with Crippen molar-refractivity contribution in [3.05, 3.63) is 0 Å². The second-order valence-corrected chi connectivity index (χ2v) is 0.773. The lowest BCUT2D eigenvalue weighted by Crippen LogP contribution is -2.06. The first-order chi connectivity index (χ1) is 3.81. The average molecular weight is 110 g/mol. The minimum absolute atomic E-state index is 0.373. The van der Waals surface area contributed by atoms with E-state index in [0.29, 0.717) is 0 Å². The Hall–Kier alpha value is -1.66. The van der Waals surface area contributed by atoms with E-state index in [-0.39, 0.29) is 5.96 Å². The number of nitriles is 1. The Morgan fingerprint density at radius 3 is 2.75 bits per heavy atom. The largest absolute Gasteiger partial charge is 0.367 e. The lowest BCUT2D eigenvalue weighted by atomic mass is 11.0. The summed E-state index contributed by atoms with van der Waals surface area (Å²) in [7, 11) is 0. The molecule has 5 nitrogen and oxygen atoms in total. The molecule has 0 saturated carbocycles. The molecule has 0 aliphatic rings. The van der Waals surface area contributed by atoms with Crippen molar-refractivity contribution < 1.29 is 4.79 Å². The summed E-state index contributed by atoms with van der Waals surface area (Å²) in [4.78, 5) is 15.0. The molecule has 0 aromatic heterocycles. The van der Waals surface area contributed by atoms with E-state index in [9.17, 15) is 4.79 Å². The van der Waals surface area contributed by atoms with Crippen LogP contribution in [0.25, 0.3) is 0 Å². The van der Waals surface area contributed by atoms with Gasteiger partial charge in [0, 0.05) is 0 Å². The number of nitrogens with two attached hydrogens (primary N) is 1. The first-order valence-corrected chi connectivity index (χ1v) is 1.61. The van der Waals surface area contributed by atoms with Gasteiger partial charge in [-0.2, -0.15) is 5.26 Å². The Bertz CT molecular complexity index is 182. The molecule has 0 aromatic rings. The third-order valence-electron chi connectivity index (χ3n) is 0.325. The van der Waals surface area contributed by atoms with Crippen molar-refractivity contribution >= 4 is 12.0 Å². The van der Waals surface area contributed by atoms with Crippen LogP contribution in [-0.2, 0) is 4.79 Å². The van der Waals surface area contributed by atoms with Gasteiger partial charge in [0.15, 0.2) is 0 Å². The highest BCUT2D eigenvalue weighted by Gasteiger charge is 1.78. The van der Waals surface area contributed by atoms with Gasteiger partial charge in [0.25, 0.3) is 0 Å². The summed E-state index contributed by atoms with van der Waals surface area (Å²) < 4.78 is 0. The summed E-state index contributed by atoms with van der Waals surface area (Å²) in [6.07, 6.45) is 2.46. The van der Waals surface area contributed by atoms with Crippen LogP contribution < -0.4 is 5.73 Å². The zero-order valence-corrected chi connectivity index (χ0v) is 3.83.